The zero-order valence-corrected chi connectivity index (χ0v) is 23.9. The van der Waals surface area contributed by atoms with Gasteiger partial charge in [0.1, 0.15) is 5.75 Å². The third-order valence-corrected chi connectivity index (χ3v) is 13.1. The Morgan fingerprint density at radius 3 is 1.71 bits per heavy atom. The van der Waals surface area contributed by atoms with E-state index < -0.39 is 0 Å². The topological polar surface area (TPSA) is 32.3 Å². The van der Waals surface area contributed by atoms with Crippen LogP contribution in [0.15, 0.2) is 12.1 Å². The van der Waals surface area contributed by atoms with Gasteiger partial charge in [-0.1, -0.05) is 79.9 Å². The molecular formula is C33H53NO. The largest absolute Gasteiger partial charge is 0.507 e. The van der Waals surface area contributed by atoms with Crippen LogP contribution in [0, 0.1) is 33.5 Å². The number of phenolic OH excluding ortho intramolecular Hbond substituents is 1. The van der Waals surface area contributed by atoms with Crippen LogP contribution in [0.4, 0.5) is 0 Å². The lowest BCUT2D eigenvalue weighted by Gasteiger charge is -2.42. The highest BCUT2D eigenvalue weighted by Gasteiger charge is 2.63. The van der Waals surface area contributed by atoms with Crippen molar-refractivity contribution in [3.8, 4) is 5.75 Å². The average molecular weight is 480 g/mol. The molecule has 2 heteroatoms. The van der Waals surface area contributed by atoms with Gasteiger partial charge in [0.05, 0.1) is 0 Å². The SMILES string of the molecule is CCCCCCNCc1cc(C2CC3CCC2(C)C3(C)C)c(O)c(C2CC3CCC2(C)C3(C)C)c1. The molecule has 0 amide bonds. The lowest BCUT2D eigenvalue weighted by molar-refractivity contribution is 0.130. The van der Waals surface area contributed by atoms with Crippen molar-refractivity contribution in [1.82, 2.24) is 5.32 Å². The van der Waals surface area contributed by atoms with E-state index in [-0.39, 0.29) is 10.8 Å². The number of hydrogen-bond acceptors (Lipinski definition) is 2. The number of aromatic hydroxyl groups is 1. The average Bonchev–Trinajstić information content (AvgIpc) is 3.33. The van der Waals surface area contributed by atoms with E-state index in [1.165, 1.54) is 80.9 Å². The Bertz CT molecular complexity index is 881. The van der Waals surface area contributed by atoms with E-state index in [9.17, 15) is 5.11 Å². The molecule has 6 unspecified atom stereocenters. The second-order valence-electron chi connectivity index (χ2n) is 14.7. The van der Waals surface area contributed by atoms with Crippen molar-refractivity contribution in [2.75, 3.05) is 6.54 Å². The quantitative estimate of drug-likeness (QED) is 0.346. The van der Waals surface area contributed by atoms with E-state index in [1.54, 1.807) is 0 Å². The molecule has 4 saturated carbocycles. The Hall–Kier alpha value is -1.02. The Balaban J connectivity index is 1.49. The second kappa shape index (κ2) is 8.78. The fourth-order valence-corrected chi connectivity index (χ4v) is 9.64. The van der Waals surface area contributed by atoms with Crippen LogP contribution in [-0.4, -0.2) is 11.7 Å². The minimum atomic E-state index is 0.288. The van der Waals surface area contributed by atoms with Crippen LogP contribution in [0.5, 0.6) is 5.75 Å². The van der Waals surface area contributed by atoms with E-state index in [2.05, 4.69) is 65.9 Å². The molecule has 35 heavy (non-hydrogen) atoms. The van der Waals surface area contributed by atoms with Crippen LogP contribution in [-0.2, 0) is 6.54 Å². The van der Waals surface area contributed by atoms with Crippen molar-refractivity contribution >= 4 is 0 Å². The minimum Gasteiger partial charge on any atom is -0.507 e. The van der Waals surface area contributed by atoms with Gasteiger partial charge >= 0.3 is 0 Å². The van der Waals surface area contributed by atoms with Crippen LogP contribution in [0.3, 0.4) is 0 Å². The van der Waals surface area contributed by atoms with Gasteiger partial charge in [0, 0.05) is 6.54 Å². The van der Waals surface area contributed by atoms with Gasteiger partial charge in [0.15, 0.2) is 0 Å². The second-order valence-corrected chi connectivity index (χ2v) is 14.7. The van der Waals surface area contributed by atoms with Gasteiger partial charge in [0.25, 0.3) is 0 Å². The third kappa shape index (κ3) is 3.66. The van der Waals surface area contributed by atoms with Crippen LogP contribution in [0.25, 0.3) is 0 Å². The van der Waals surface area contributed by atoms with Gasteiger partial charge < -0.3 is 10.4 Å². The summed E-state index contributed by atoms with van der Waals surface area (Å²) in [7, 11) is 0. The monoisotopic (exact) mass is 479 g/mol. The zero-order chi connectivity index (χ0) is 25.2. The van der Waals surface area contributed by atoms with Crippen LogP contribution in [0.2, 0.25) is 0 Å². The highest BCUT2D eigenvalue weighted by molar-refractivity contribution is 5.51. The molecule has 1 aromatic rings. The summed E-state index contributed by atoms with van der Waals surface area (Å²) < 4.78 is 0. The Morgan fingerprint density at radius 2 is 1.31 bits per heavy atom. The van der Waals surface area contributed by atoms with E-state index in [0.29, 0.717) is 28.4 Å². The van der Waals surface area contributed by atoms with Gasteiger partial charge in [-0.05, 0) is 114 Å². The fraction of sp³-hybridized carbons (Fsp3) is 0.818. The lowest BCUT2D eigenvalue weighted by atomic mass is 9.63. The molecular weight excluding hydrogens is 426 g/mol. The summed E-state index contributed by atoms with van der Waals surface area (Å²) in [5.74, 6) is 3.22. The summed E-state index contributed by atoms with van der Waals surface area (Å²) in [5.41, 5.74) is 5.26. The first-order valence-corrected chi connectivity index (χ1v) is 15.0. The first kappa shape index (κ1) is 25.6. The number of nitrogens with one attached hydrogen (secondary N) is 1. The molecule has 4 fully saturated rings. The standard InChI is InChI=1S/C33H53NO/c1-8-9-10-11-16-34-21-22-17-25(27-19-23-12-14-32(27,6)30(23,2)3)29(35)26(18-22)28-20-24-13-15-33(28,7)31(24,4)5/h17-18,23-24,27-28,34-35H,8-16,19-21H2,1-7H3. The van der Waals surface area contributed by atoms with Crippen molar-refractivity contribution in [2.45, 2.75) is 131 Å². The molecule has 5 rings (SSSR count). The van der Waals surface area contributed by atoms with Gasteiger partial charge in [0.2, 0.25) is 0 Å². The molecule has 1 aromatic carbocycles. The molecule has 4 aliphatic carbocycles. The summed E-state index contributed by atoms with van der Waals surface area (Å²) in [6, 6.07) is 4.82. The number of benzene rings is 1. The van der Waals surface area contributed by atoms with Gasteiger partial charge in [-0.15, -0.1) is 0 Å². The Kier molecular flexibility index (Phi) is 6.43. The first-order chi connectivity index (χ1) is 16.5. The number of rotatable bonds is 9. The summed E-state index contributed by atoms with van der Waals surface area (Å²) in [6.07, 6.45) is 13.1. The molecule has 2 nitrogen and oxygen atoms in total. The molecule has 4 bridgehead atoms. The van der Waals surface area contributed by atoms with Crippen LogP contribution < -0.4 is 5.32 Å². The number of unbranched alkanes of at least 4 members (excludes halogenated alkanes) is 3. The molecule has 0 aliphatic heterocycles. The molecule has 0 heterocycles. The van der Waals surface area contributed by atoms with E-state index in [1.807, 2.05) is 0 Å². The highest BCUT2D eigenvalue weighted by Crippen LogP contribution is 2.74. The predicted octanol–water partition coefficient (Wildman–Crippen LogP) is 8.92. The molecule has 0 radical (unpaired) electrons. The number of hydrogen-bond donors (Lipinski definition) is 2. The van der Waals surface area contributed by atoms with E-state index in [0.717, 1.165) is 24.9 Å². The van der Waals surface area contributed by atoms with Crippen molar-refractivity contribution in [2.24, 2.45) is 33.5 Å². The van der Waals surface area contributed by atoms with Crippen molar-refractivity contribution in [1.29, 1.82) is 0 Å². The first-order valence-electron chi connectivity index (χ1n) is 15.0. The molecule has 2 N–H and O–H groups in total. The lowest BCUT2D eigenvalue weighted by Crippen LogP contribution is -2.32. The van der Waals surface area contributed by atoms with E-state index >= 15 is 0 Å². The fourth-order valence-electron chi connectivity index (χ4n) is 9.64. The normalized spacial score (nSPS) is 38.5. The number of phenols is 1. The zero-order valence-electron chi connectivity index (χ0n) is 23.9. The molecule has 0 aromatic heterocycles. The summed E-state index contributed by atoms with van der Waals surface area (Å²) in [5, 5.41) is 15.8. The third-order valence-electron chi connectivity index (χ3n) is 13.1. The summed E-state index contributed by atoms with van der Waals surface area (Å²) >= 11 is 0. The van der Waals surface area contributed by atoms with Gasteiger partial charge in [-0.3, -0.25) is 0 Å². The molecule has 4 aliphatic rings. The maximum absolute atomic E-state index is 12.0. The smallest absolute Gasteiger partial charge is 0.122 e. The minimum absolute atomic E-state index is 0.288. The predicted molar refractivity (Wildman–Crippen MR) is 148 cm³/mol. The van der Waals surface area contributed by atoms with Crippen molar-refractivity contribution < 1.29 is 5.11 Å². The van der Waals surface area contributed by atoms with Gasteiger partial charge in [-0.25, -0.2) is 0 Å². The maximum atomic E-state index is 12.0. The van der Waals surface area contributed by atoms with Gasteiger partial charge in [-0.2, -0.15) is 0 Å². The number of fused-ring (bicyclic) bond motifs is 4. The van der Waals surface area contributed by atoms with Crippen molar-refractivity contribution in [3.05, 3.63) is 28.8 Å². The summed E-state index contributed by atoms with van der Waals surface area (Å²) in [4.78, 5) is 0. The molecule has 6 atom stereocenters. The summed E-state index contributed by atoms with van der Waals surface area (Å²) in [6.45, 7) is 19.4. The highest BCUT2D eigenvalue weighted by atomic mass is 16.3. The van der Waals surface area contributed by atoms with Crippen LogP contribution >= 0.6 is 0 Å². The van der Waals surface area contributed by atoms with Crippen LogP contribution in [0.1, 0.15) is 141 Å². The van der Waals surface area contributed by atoms with Crippen molar-refractivity contribution in [3.63, 3.8) is 0 Å². The van der Waals surface area contributed by atoms with E-state index in [4.69, 9.17) is 0 Å². The maximum Gasteiger partial charge on any atom is 0.122 e. The molecule has 196 valence electrons. The molecule has 0 spiro atoms. The molecule has 0 saturated heterocycles. The Morgan fingerprint density at radius 1 is 0.800 bits per heavy atom. The Labute approximate surface area is 216 Å².